The first-order valence-corrected chi connectivity index (χ1v) is 5.60. The molecule has 1 aromatic carbocycles. The van der Waals surface area contributed by atoms with Gasteiger partial charge in [0.05, 0.1) is 0 Å². The van der Waals surface area contributed by atoms with E-state index in [0.717, 1.165) is 17.4 Å². The van der Waals surface area contributed by atoms with Crippen LogP contribution < -0.4 is 0 Å². The summed E-state index contributed by atoms with van der Waals surface area (Å²) in [4.78, 5) is 0. The Kier molecular flexibility index (Phi) is 2.21. The Morgan fingerprint density at radius 2 is 2.06 bits per heavy atom. The molecule has 2 heterocycles. The highest BCUT2D eigenvalue weighted by Crippen LogP contribution is 2.28. The lowest BCUT2D eigenvalue weighted by molar-refractivity contribution is 0.492. The first-order valence-electron chi connectivity index (χ1n) is 5.60. The molecular formula is C13H12N2O2. The van der Waals surface area contributed by atoms with Crippen molar-refractivity contribution in [2.45, 2.75) is 20.3 Å². The Morgan fingerprint density at radius 3 is 2.76 bits per heavy atom. The number of aryl methyl sites for hydroxylation is 2. The molecule has 0 aliphatic carbocycles. The molecule has 17 heavy (non-hydrogen) atoms. The van der Waals surface area contributed by atoms with Gasteiger partial charge in [0, 0.05) is 11.8 Å². The van der Waals surface area contributed by atoms with Crippen LogP contribution in [0.15, 0.2) is 33.1 Å². The minimum Gasteiger partial charge on any atom is -0.451 e. The molecule has 3 aromatic rings. The molecule has 0 saturated carbocycles. The molecule has 0 amide bonds. The summed E-state index contributed by atoms with van der Waals surface area (Å²) < 4.78 is 11.2. The maximum absolute atomic E-state index is 5.70. The van der Waals surface area contributed by atoms with Gasteiger partial charge < -0.3 is 8.83 Å². The van der Waals surface area contributed by atoms with E-state index in [0.29, 0.717) is 17.5 Å². The van der Waals surface area contributed by atoms with Gasteiger partial charge in [-0.05, 0) is 24.6 Å². The first kappa shape index (κ1) is 10.1. The van der Waals surface area contributed by atoms with Crippen LogP contribution in [-0.2, 0) is 6.42 Å². The predicted octanol–water partition coefficient (Wildman–Crippen LogP) is 3.35. The zero-order valence-electron chi connectivity index (χ0n) is 9.73. The van der Waals surface area contributed by atoms with Crippen molar-refractivity contribution in [3.63, 3.8) is 0 Å². The van der Waals surface area contributed by atoms with E-state index in [-0.39, 0.29) is 0 Å². The highest BCUT2D eigenvalue weighted by molar-refractivity contribution is 5.84. The van der Waals surface area contributed by atoms with E-state index < -0.39 is 0 Å². The van der Waals surface area contributed by atoms with Gasteiger partial charge in [0.15, 0.2) is 5.76 Å². The normalized spacial score (nSPS) is 11.2. The average molecular weight is 228 g/mol. The molecule has 4 heteroatoms. The summed E-state index contributed by atoms with van der Waals surface area (Å²) in [5, 5.41) is 8.98. The standard InChI is InChI=1S/C13H12N2O2/c1-3-12-14-15-13(17-12)11-7-9-8(2)5-4-6-10(9)16-11/h4-7H,3H2,1-2H3. The van der Waals surface area contributed by atoms with E-state index in [4.69, 9.17) is 8.83 Å². The third kappa shape index (κ3) is 1.62. The number of hydrogen-bond donors (Lipinski definition) is 0. The van der Waals surface area contributed by atoms with Crippen molar-refractivity contribution in [3.05, 3.63) is 35.7 Å². The Balaban J connectivity index is 2.14. The van der Waals surface area contributed by atoms with Crippen LogP contribution in [0.2, 0.25) is 0 Å². The minimum absolute atomic E-state index is 0.442. The molecule has 2 aromatic heterocycles. The second-order valence-corrected chi connectivity index (χ2v) is 3.95. The Hall–Kier alpha value is -2.10. The predicted molar refractivity (Wildman–Crippen MR) is 63.6 cm³/mol. The largest absolute Gasteiger partial charge is 0.451 e. The molecule has 0 aliphatic heterocycles. The van der Waals surface area contributed by atoms with Crippen LogP contribution in [0.3, 0.4) is 0 Å². The number of fused-ring (bicyclic) bond motifs is 1. The van der Waals surface area contributed by atoms with Crippen molar-refractivity contribution in [2.75, 3.05) is 0 Å². The van der Waals surface area contributed by atoms with E-state index in [9.17, 15) is 0 Å². The van der Waals surface area contributed by atoms with E-state index in [1.54, 1.807) is 0 Å². The number of benzene rings is 1. The maximum atomic E-state index is 5.70. The summed E-state index contributed by atoms with van der Waals surface area (Å²) in [7, 11) is 0. The molecule has 3 rings (SSSR count). The number of nitrogens with zero attached hydrogens (tertiary/aromatic N) is 2. The van der Waals surface area contributed by atoms with Gasteiger partial charge in [-0.1, -0.05) is 19.1 Å². The van der Waals surface area contributed by atoms with E-state index >= 15 is 0 Å². The average Bonchev–Trinajstić information content (AvgIpc) is 2.95. The van der Waals surface area contributed by atoms with Crippen LogP contribution in [0, 0.1) is 6.92 Å². The van der Waals surface area contributed by atoms with Crippen LogP contribution in [0.25, 0.3) is 22.6 Å². The lowest BCUT2D eigenvalue weighted by Gasteiger charge is -1.90. The summed E-state index contributed by atoms with van der Waals surface area (Å²) in [5.41, 5.74) is 2.02. The zero-order valence-corrected chi connectivity index (χ0v) is 9.73. The third-order valence-corrected chi connectivity index (χ3v) is 2.76. The second kappa shape index (κ2) is 3.73. The van der Waals surface area contributed by atoms with Gasteiger partial charge in [-0.2, -0.15) is 0 Å². The fourth-order valence-electron chi connectivity index (χ4n) is 1.81. The van der Waals surface area contributed by atoms with Crippen molar-refractivity contribution in [1.82, 2.24) is 10.2 Å². The van der Waals surface area contributed by atoms with Gasteiger partial charge in [0.2, 0.25) is 5.89 Å². The molecule has 0 spiro atoms. The molecular weight excluding hydrogens is 216 g/mol. The molecule has 0 bridgehead atoms. The summed E-state index contributed by atoms with van der Waals surface area (Å²) in [6, 6.07) is 7.89. The fourth-order valence-corrected chi connectivity index (χ4v) is 1.81. The van der Waals surface area contributed by atoms with Crippen molar-refractivity contribution in [1.29, 1.82) is 0 Å². The van der Waals surface area contributed by atoms with Gasteiger partial charge in [-0.15, -0.1) is 10.2 Å². The number of furan rings is 1. The highest BCUT2D eigenvalue weighted by Gasteiger charge is 2.13. The second-order valence-electron chi connectivity index (χ2n) is 3.95. The molecule has 0 fully saturated rings. The quantitative estimate of drug-likeness (QED) is 0.674. The third-order valence-electron chi connectivity index (χ3n) is 2.76. The molecule has 0 atom stereocenters. The van der Waals surface area contributed by atoms with Crippen molar-refractivity contribution in [3.8, 4) is 11.7 Å². The Bertz CT molecular complexity index is 667. The number of aromatic nitrogens is 2. The molecule has 0 unspecified atom stereocenters. The first-order chi connectivity index (χ1) is 8.28. The highest BCUT2D eigenvalue weighted by atomic mass is 16.4. The molecule has 0 saturated heterocycles. The monoisotopic (exact) mass is 228 g/mol. The fraction of sp³-hybridized carbons (Fsp3) is 0.231. The van der Waals surface area contributed by atoms with Gasteiger partial charge in [0.1, 0.15) is 5.58 Å². The van der Waals surface area contributed by atoms with Crippen molar-refractivity contribution in [2.24, 2.45) is 0 Å². The van der Waals surface area contributed by atoms with Crippen LogP contribution in [-0.4, -0.2) is 10.2 Å². The van der Waals surface area contributed by atoms with Crippen molar-refractivity contribution >= 4 is 11.0 Å². The molecule has 4 nitrogen and oxygen atoms in total. The Labute approximate surface area is 98.3 Å². The van der Waals surface area contributed by atoms with Crippen LogP contribution in [0.5, 0.6) is 0 Å². The van der Waals surface area contributed by atoms with Crippen LogP contribution in [0.4, 0.5) is 0 Å². The molecule has 0 aliphatic rings. The van der Waals surface area contributed by atoms with Crippen LogP contribution >= 0.6 is 0 Å². The summed E-state index contributed by atoms with van der Waals surface area (Å²) in [6.45, 7) is 4.02. The van der Waals surface area contributed by atoms with Crippen molar-refractivity contribution < 1.29 is 8.83 Å². The van der Waals surface area contributed by atoms with E-state index in [1.807, 2.05) is 38.1 Å². The van der Waals surface area contributed by atoms with Crippen LogP contribution in [0.1, 0.15) is 18.4 Å². The SMILES string of the molecule is CCc1nnc(-c2cc3c(C)cccc3o2)o1. The molecule has 0 N–H and O–H groups in total. The van der Waals surface area contributed by atoms with Gasteiger partial charge in [-0.25, -0.2) is 0 Å². The Morgan fingerprint density at radius 1 is 1.18 bits per heavy atom. The topological polar surface area (TPSA) is 52.1 Å². The van der Waals surface area contributed by atoms with Gasteiger partial charge in [-0.3, -0.25) is 0 Å². The number of rotatable bonds is 2. The summed E-state index contributed by atoms with van der Waals surface area (Å²) in [6.07, 6.45) is 0.728. The molecule has 86 valence electrons. The smallest absolute Gasteiger partial charge is 0.283 e. The number of hydrogen-bond acceptors (Lipinski definition) is 4. The lowest BCUT2D eigenvalue weighted by Crippen LogP contribution is -1.76. The molecule has 0 radical (unpaired) electrons. The zero-order chi connectivity index (χ0) is 11.8. The maximum Gasteiger partial charge on any atom is 0.283 e. The van der Waals surface area contributed by atoms with Gasteiger partial charge in [0.25, 0.3) is 5.89 Å². The minimum atomic E-state index is 0.442. The summed E-state index contributed by atoms with van der Waals surface area (Å²) >= 11 is 0. The van der Waals surface area contributed by atoms with Gasteiger partial charge >= 0.3 is 0 Å². The van der Waals surface area contributed by atoms with E-state index in [1.165, 1.54) is 5.56 Å². The summed E-state index contributed by atoms with van der Waals surface area (Å²) in [5.74, 6) is 1.69. The van der Waals surface area contributed by atoms with E-state index in [2.05, 4.69) is 10.2 Å². The lowest BCUT2D eigenvalue weighted by atomic mass is 10.1.